The zero-order valence-corrected chi connectivity index (χ0v) is 13.6. The van der Waals surface area contributed by atoms with E-state index in [0.717, 1.165) is 16.6 Å². The van der Waals surface area contributed by atoms with Crippen LogP contribution in [0.1, 0.15) is 37.3 Å². The summed E-state index contributed by atoms with van der Waals surface area (Å²) in [5.41, 5.74) is 1.20. The number of hydrogen-bond acceptors (Lipinski definition) is 3. The van der Waals surface area contributed by atoms with Crippen molar-refractivity contribution >= 4 is 22.9 Å². The minimum atomic E-state index is 0.160. The lowest BCUT2D eigenvalue weighted by Gasteiger charge is -2.18. The standard InChI is InChI=1S/C16H20ClNOS/c1-4-18-16(14-8-9-15(17)20-14)12-6-5-7-13(10-12)19-11(2)3/h5-11,16,18H,4H2,1-3H3. The highest BCUT2D eigenvalue weighted by Gasteiger charge is 2.15. The Kier molecular flexibility index (Phi) is 5.46. The van der Waals surface area contributed by atoms with Crippen molar-refractivity contribution in [3.63, 3.8) is 0 Å². The molecule has 0 saturated heterocycles. The molecule has 2 rings (SSSR count). The van der Waals surface area contributed by atoms with E-state index in [1.54, 1.807) is 11.3 Å². The maximum atomic E-state index is 6.06. The van der Waals surface area contributed by atoms with Gasteiger partial charge in [-0.05, 0) is 50.2 Å². The van der Waals surface area contributed by atoms with Crippen molar-refractivity contribution in [3.05, 3.63) is 51.2 Å². The van der Waals surface area contributed by atoms with Gasteiger partial charge in [0.1, 0.15) is 5.75 Å². The van der Waals surface area contributed by atoms with E-state index >= 15 is 0 Å². The molecule has 0 aliphatic rings. The highest BCUT2D eigenvalue weighted by Crippen LogP contribution is 2.32. The van der Waals surface area contributed by atoms with Crippen LogP contribution in [0.4, 0.5) is 0 Å². The zero-order chi connectivity index (χ0) is 14.5. The first-order valence-electron chi connectivity index (χ1n) is 6.85. The summed E-state index contributed by atoms with van der Waals surface area (Å²) < 4.78 is 6.59. The van der Waals surface area contributed by atoms with Crippen molar-refractivity contribution in [2.24, 2.45) is 0 Å². The molecule has 0 aliphatic heterocycles. The molecule has 0 spiro atoms. The molecule has 2 aromatic rings. The predicted octanol–water partition coefficient (Wildman–Crippen LogP) is 4.89. The molecule has 108 valence electrons. The molecule has 0 radical (unpaired) electrons. The SMILES string of the molecule is CCNC(c1cccc(OC(C)C)c1)c1ccc(Cl)s1. The van der Waals surface area contributed by atoms with Crippen LogP contribution in [0, 0.1) is 0 Å². The normalized spacial score (nSPS) is 12.7. The van der Waals surface area contributed by atoms with E-state index in [0.29, 0.717) is 0 Å². The summed E-state index contributed by atoms with van der Waals surface area (Å²) in [6.45, 7) is 7.08. The third-order valence-electron chi connectivity index (χ3n) is 2.85. The molecule has 1 aromatic heterocycles. The van der Waals surface area contributed by atoms with Gasteiger partial charge < -0.3 is 10.1 Å². The van der Waals surface area contributed by atoms with Gasteiger partial charge in [0.2, 0.25) is 0 Å². The fraction of sp³-hybridized carbons (Fsp3) is 0.375. The highest BCUT2D eigenvalue weighted by atomic mass is 35.5. The molecule has 0 saturated carbocycles. The second-order valence-corrected chi connectivity index (χ2v) is 6.62. The molecule has 0 aliphatic carbocycles. The van der Waals surface area contributed by atoms with Crippen LogP contribution in [0.2, 0.25) is 4.34 Å². The van der Waals surface area contributed by atoms with Crippen molar-refractivity contribution in [2.75, 3.05) is 6.54 Å². The fourth-order valence-electron chi connectivity index (χ4n) is 2.11. The van der Waals surface area contributed by atoms with E-state index in [-0.39, 0.29) is 12.1 Å². The third-order valence-corrected chi connectivity index (χ3v) is 4.15. The number of halogens is 1. The quantitative estimate of drug-likeness (QED) is 0.820. The predicted molar refractivity (Wildman–Crippen MR) is 87.1 cm³/mol. The Balaban J connectivity index is 2.29. The summed E-state index contributed by atoms with van der Waals surface area (Å²) in [6.07, 6.45) is 0.180. The first-order valence-corrected chi connectivity index (χ1v) is 8.04. The summed E-state index contributed by atoms with van der Waals surface area (Å²) in [6, 6.07) is 12.4. The van der Waals surface area contributed by atoms with Crippen LogP contribution in [-0.4, -0.2) is 12.6 Å². The first kappa shape index (κ1) is 15.4. The lowest BCUT2D eigenvalue weighted by molar-refractivity contribution is 0.242. The van der Waals surface area contributed by atoms with Gasteiger partial charge in [-0.2, -0.15) is 0 Å². The van der Waals surface area contributed by atoms with Crippen LogP contribution in [0.3, 0.4) is 0 Å². The fourth-order valence-corrected chi connectivity index (χ4v) is 3.27. The molecule has 1 atom stereocenters. The Morgan fingerprint density at radius 2 is 2.05 bits per heavy atom. The smallest absolute Gasteiger partial charge is 0.120 e. The molecule has 1 unspecified atom stereocenters. The molecular formula is C16H20ClNOS. The molecule has 4 heteroatoms. The van der Waals surface area contributed by atoms with Crippen LogP contribution in [-0.2, 0) is 0 Å². The Labute approximate surface area is 129 Å². The summed E-state index contributed by atoms with van der Waals surface area (Å²) in [7, 11) is 0. The molecule has 1 aromatic carbocycles. The number of hydrogen-bond donors (Lipinski definition) is 1. The van der Waals surface area contributed by atoms with Gasteiger partial charge in [0.05, 0.1) is 16.5 Å². The van der Waals surface area contributed by atoms with Crippen LogP contribution in [0.25, 0.3) is 0 Å². The number of thiophene rings is 1. The van der Waals surface area contributed by atoms with Crippen LogP contribution >= 0.6 is 22.9 Å². The molecular weight excluding hydrogens is 290 g/mol. The van der Waals surface area contributed by atoms with Crippen LogP contribution < -0.4 is 10.1 Å². The lowest BCUT2D eigenvalue weighted by atomic mass is 10.0. The highest BCUT2D eigenvalue weighted by molar-refractivity contribution is 7.16. The second kappa shape index (κ2) is 7.11. The summed E-state index contributed by atoms with van der Waals surface area (Å²) in [5.74, 6) is 0.906. The van der Waals surface area contributed by atoms with Gasteiger partial charge in [-0.1, -0.05) is 30.7 Å². The summed E-state index contributed by atoms with van der Waals surface area (Å²) in [4.78, 5) is 1.22. The van der Waals surface area contributed by atoms with Gasteiger partial charge in [-0.3, -0.25) is 0 Å². The van der Waals surface area contributed by atoms with E-state index in [2.05, 4.69) is 30.4 Å². The van der Waals surface area contributed by atoms with Gasteiger partial charge in [-0.25, -0.2) is 0 Å². The Morgan fingerprint density at radius 1 is 1.25 bits per heavy atom. The van der Waals surface area contributed by atoms with Gasteiger partial charge in [-0.15, -0.1) is 11.3 Å². The third kappa shape index (κ3) is 3.98. The maximum absolute atomic E-state index is 6.06. The number of ether oxygens (including phenoxy) is 1. The topological polar surface area (TPSA) is 21.3 Å². The summed E-state index contributed by atoms with van der Waals surface area (Å²) >= 11 is 7.67. The number of rotatable bonds is 6. The average molecular weight is 310 g/mol. The minimum absolute atomic E-state index is 0.160. The monoisotopic (exact) mass is 309 g/mol. The zero-order valence-electron chi connectivity index (χ0n) is 12.0. The first-order chi connectivity index (χ1) is 9.60. The average Bonchev–Trinajstić information content (AvgIpc) is 2.82. The largest absolute Gasteiger partial charge is 0.491 e. The molecule has 1 heterocycles. The van der Waals surface area contributed by atoms with Crippen molar-refractivity contribution in [2.45, 2.75) is 32.9 Å². The van der Waals surface area contributed by atoms with E-state index in [1.165, 1.54) is 10.4 Å². The van der Waals surface area contributed by atoms with Crippen LogP contribution in [0.15, 0.2) is 36.4 Å². The molecule has 0 fully saturated rings. The molecule has 2 nitrogen and oxygen atoms in total. The van der Waals surface area contributed by atoms with E-state index < -0.39 is 0 Å². The van der Waals surface area contributed by atoms with E-state index in [1.807, 2.05) is 32.0 Å². The van der Waals surface area contributed by atoms with Gasteiger partial charge in [0.15, 0.2) is 0 Å². The van der Waals surface area contributed by atoms with Crippen LogP contribution in [0.5, 0.6) is 5.75 Å². The Hall–Kier alpha value is -1.03. The molecule has 0 bridgehead atoms. The Morgan fingerprint density at radius 3 is 2.65 bits per heavy atom. The number of nitrogens with one attached hydrogen (secondary N) is 1. The van der Waals surface area contributed by atoms with Gasteiger partial charge in [0, 0.05) is 4.88 Å². The lowest BCUT2D eigenvalue weighted by Crippen LogP contribution is -2.21. The second-order valence-electron chi connectivity index (χ2n) is 4.87. The van der Waals surface area contributed by atoms with E-state index in [4.69, 9.17) is 16.3 Å². The van der Waals surface area contributed by atoms with E-state index in [9.17, 15) is 0 Å². The molecule has 1 N–H and O–H groups in total. The minimum Gasteiger partial charge on any atom is -0.491 e. The molecule has 0 amide bonds. The number of benzene rings is 1. The van der Waals surface area contributed by atoms with Crippen molar-refractivity contribution < 1.29 is 4.74 Å². The Bertz CT molecular complexity index is 553. The maximum Gasteiger partial charge on any atom is 0.120 e. The van der Waals surface area contributed by atoms with Gasteiger partial charge in [0.25, 0.3) is 0 Å². The molecule has 20 heavy (non-hydrogen) atoms. The van der Waals surface area contributed by atoms with Crippen molar-refractivity contribution in [1.82, 2.24) is 5.32 Å². The van der Waals surface area contributed by atoms with Gasteiger partial charge >= 0.3 is 0 Å². The van der Waals surface area contributed by atoms with Crippen molar-refractivity contribution in [1.29, 1.82) is 0 Å². The summed E-state index contributed by atoms with van der Waals surface area (Å²) in [5, 5.41) is 3.51. The van der Waals surface area contributed by atoms with Crippen molar-refractivity contribution in [3.8, 4) is 5.75 Å².